The van der Waals surface area contributed by atoms with Gasteiger partial charge in [0.1, 0.15) is 0 Å². The first kappa shape index (κ1) is 20.3. The number of rotatable bonds is 4. The molecule has 2 aromatic rings. The van der Waals surface area contributed by atoms with Crippen LogP contribution in [0.15, 0.2) is 42.5 Å². The number of hydrazine groups is 1. The fourth-order valence-electron chi connectivity index (χ4n) is 2.99. The van der Waals surface area contributed by atoms with E-state index in [1.807, 2.05) is 0 Å². The van der Waals surface area contributed by atoms with E-state index in [2.05, 4.69) is 10.9 Å². The van der Waals surface area contributed by atoms with E-state index >= 15 is 0 Å². The molecule has 2 aromatic carbocycles. The van der Waals surface area contributed by atoms with Crippen LogP contribution in [-0.2, 0) is 9.59 Å². The molecule has 29 heavy (non-hydrogen) atoms. The monoisotopic (exact) mass is 416 g/mol. The molecule has 0 spiro atoms. The maximum absolute atomic E-state index is 12.4. The van der Waals surface area contributed by atoms with Gasteiger partial charge in [0.05, 0.1) is 16.5 Å². The van der Waals surface area contributed by atoms with Crippen molar-refractivity contribution in [3.8, 4) is 0 Å². The summed E-state index contributed by atoms with van der Waals surface area (Å²) in [5.41, 5.74) is 5.65. The van der Waals surface area contributed by atoms with Crippen molar-refractivity contribution < 1.29 is 19.3 Å². The van der Waals surface area contributed by atoms with Crippen molar-refractivity contribution in [1.82, 2.24) is 10.9 Å². The van der Waals surface area contributed by atoms with Gasteiger partial charge in [-0.1, -0.05) is 17.7 Å². The topological polar surface area (TPSA) is 122 Å². The van der Waals surface area contributed by atoms with Gasteiger partial charge in [-0.25, -0.2) is 0 Å². The SMILES string of the molecule is Cc1ccc(N2C[C@@H](C(=O)NNC(=O)c3ccc(Cl)cc3)CC2=O)cc1[N+](=O)[O-]. The third kappa shape index (κ3) is 4.52. The number of nitrogens with zero attached hydrogens (tertiary/aromatic N) is 2. The lowest BCUT2D eigenvalue weighted by atomic mass is 10.1. The maximum atomic E-state index is 12.4. The maximum Gasteiger partial charge on any atom is 0.274 e. The first-order chi connectivity index (χ1) is 13.8. The van der Waals surface area contributed by atoms with Gasteiger partial charge in [-0.3, -0.25) is 35.3 Å². The van der Waals surface area contributed by atoms with Gasteiger partial charge in [0.25, 0.3) is 11.6 Å². The number of nitro groups is 1. The molecule has 0 radical (unpaired) electrons. The van der Waals surface area contributed by atoms with Crippen LogP contribution in [0.25, 0.3) is 0 Å². The zero-order valence-corrected chi connectivity index (χ0v) is 16.1. The summed E-state index contributed by atoms with van der Waals surface area (Å²) in [4.78, 5) is 48.7. The molecular weight excluding hydrogens is 400 g/mol. The summed E-state index contributed by atoms with van der Waals surface area (Å²) in [5, 5.41) is 11.6. The molecule has 1 aliphatic heterocycles. The first-order valence-corrected chi connectivity index (χ1v) is 9.05. The van der Waals surface area contributed by atoms with E-state index < -0.39 is 22.7 Å². The molecule has 3 rings (SSSR count). The Morgan fingerprint density at radius 2 is 1.86 bits per heavy atom. The number of benzene rings is 2. The van der Waals surface area contributed by atoms with Crippen molar-refractivity contribution >= 4 is 40.7 Å². The van der Waals surface area contributed by atoms with Crippen LogP contribution in [0, 0.1) is 23.0 Å². The van der Waals surface area contributed by atoms with Crippen LogP contribution < -0.4 is 15.8 Å². The highest BCUT2D eigenvalue weighted by Gasteiger charge is 2.36. The Balaban J connectivity index is 1.63. The molecule has 10 heteroatoms. The molecule has 1 saturated heterocycles. The molecule has 1 aliphatic rings. The molecule has 1 heterocycles. The number of halogens is 1. The van der Waals surface area contributed by atoms with Crippen LogP contribution in [-0.4, -0.2) is 29.2 Å². The predicted octanol–water partition coefficient (Wildman–Crippen LogP) is 2.37. The van der Waals surface area contributed by atoms with E-state index in [1.54, 1.807) is 31.2 Å². The minimum absolute atomic E-state index is 0.0572. The Morgan fingerprint density at radius 3 is 2.52 bits per heavy atom. The summed E-state index contributed by atoms with van der Waals surface area (Å²) < 4.78 is 0. The summed E-state index contributed by atoms with van der Waals surface area (Å²) in [6.07, 6.45) is -0.0652. The quantitative estimate of drug-likeness (QED) is 0.585. The summed E-state index contributed by atoms with van der Waals surface area (Å²) >= 11 is 5.77. The summed E-state index contributed by atoms with van der Waals surface area (Å²) in [5.74, 6) is -2.07. The van der Waals surface area contributed by atoms with E-state index in [4.69, 9.17) is 11.6 Å². The second kappa shape index (κ2) is 8.27. The van der Waals surface area contributed by atoms with Crippen molar-refractivity contribution in [1.29, 1.82) is 0 Å². The Morgan fingerprint density at radius 1 is 1.17 bits per heavy atom. The summed E-state index contributed by atoms with van der Waals surface area (Å²) in [7, 11) is 0. The number of carbonyl (C=O) groups is 3. The number of hydrogen-bond donors (Lipinski definition) is 2. The van der Waals surface area contributed by atoms with Gasteiger partial charge in [0.15, 0.2) is 0 Å². The largest absolute Gasteiger partial charge is 0.311 e. The van der Waals surface area contributed by atoms with Gasteiger partial charge in [0, 0.05) is 35.2 Å². The molecule has 1 fully saturated rings. The van der Waals surface area contributed by atoms with E-state index in [9.17, 15) is 24.5 Å². The van der Waals surface area contributed by atoms with Crippen LogP contribution in [0.4, 0.5) is 11.4 Å². The molecule has 2 N–H and O–H groups in total. The van der Waals surface area contributed by atoms with Crippen molar-refractivity contribution in [2.45, 2.75) is 13.3 Å². The van der Waals surface area contributed by atoms with Gasteiger partial charge < -0.3 is 4.90 Å². The average Bonchev–Trinajstić information content (AvgIpc) is 3.08. The number of aryl methyl sites for hydroxylation is 1. The van der Waals surface area contributed by atoms with Crippen molar-refractivity contribution in [3.63, 3.8) is 0 Å². The third-order valence-electron chi connectivity index (χ3n) is 4.60. The number of nitro benzene ring substituents is 1. The van der Waals surface area contributed by atoms with Gasteiger partial charge in [-0.2, -0.15) is 0 Å². The Bertz CT molecular complexity index is 993. The van der Waals surface area contributed by atoms with Crippen LogP contribution in [0.3, 0.4) is 0 Å². The number of anilines is 1. The van der Waals surface area contributed by atoms with Crippen molar-refractivity contribution in [2.75, 3.05) is 11.4 Å². The highest BCUT2D eigenvalue weighted by Crippen LogP contribution is 2.29. The lowest BCUT2D eigenvalue weighted by Gasteiger charge is -2.17. The molecule has 0 aromatic heterocycles. The molecule has 150 valence electrons. The third-order valence-corrected chi connectivity index (χ3v) is 4.85. The minimum Gasteiger partial charge on any atom is -0.311 e. The summed E-state index contributed by atoms with van der Waals surface area (Å²) in [6.45, 7) is 1.66. The zero-order valence-electron chi connectivity index (χ0n) is 15.3. The summed E-state index contributed by atoms with van der Waals surface area (Å²) in [6, 6.07) is 10.6. The fourth-order valence-corrected chi connectivity index (χ4v) is 3.11. The Labute approximate surface area is 170 Å². The molecule has 1 atom stereocenters. The Hall–Kier alpha value is -3.46. The standard InChI is InChI=1S/C19H17ClN4O5/c1-11-2-7-15(9-16(11)24(28)29)23-10-13(8-17(23)25)19(27)22-21-18(26)12-3-5-14(20)6-4-12/h2-7,9,13H,8,10H2,1H3,(H,21,26)(H,22,27)/t13-/m0/s1. The van der Waals surface area contributed by atoms with Crippen molar-refractivity contribution in [2.24, 2.45) is 5.92 Å². The molecular formula is C19H17ClN4O5. The minimum atomic E-state index is -0.701. The lowest BCUT2D eigenvalue weighted by Crippen LogP contribution is -2.45. The van der Waals surface area contributed by atoms with Gasteiger partial charge in [0.2, 0.25) is 11.8 Å². The van der Waals surface area contributed by atoms with Gasteiger partial charge >= 0.3 is 0 Å². The molecule has 0 unspecified atom stereocenters. The highest BCUT2D eigenvalue weighted by molar-refractivity contribution is 6.30. The van der Waals surface area contributed by atoms with E-state index in [1.165, 1.54) is 23.1 Å². The fraction of sp³-hybridized carbons (Fsp3) is 0.211. The van der Waals surface area contributed by atoms with Crippen LogP contribution in [0.1, 0.15) is 22.3 Å². The van der Waals surface area contributed by atoms with Crippen LogP contribution in [0.2, 0.25) is 5.02 Å². The highest BCUT2D eigenvalue weighted by atomic mass is 35.5. The van der Waals surface area contributed by atoms with E-state index in [0.717, 1.165) is 0 Å². The predicted molar refractivity (Wildman–Crippen MR) is 105 cm³/mol. The lowest BCUT2D eigenvalue weighted by molar-refractivity contribution is -0.385. The smallest absolute Gasteiger partial charge is 0.274 e. The van der Waals surface area contributed by atoms with E-state index in [-0.39, 0.29) is 24.6 Å². The normalized spacial score (nSPS) is 15.9. The second-order valence-electron chi connectivity index (χ2n) is 6.58. The number of carbonyl (C=O) groups excluding carboxylic acids is 3. The first-order valence-electron chi connectivity index (χ1n) is 8.67. The van der Waals surface area contributed by atoms with Gasteiger partial charge in [-0.05, 0) is 37.3 Å². The van der Waals surface area contributed by atoms with E-state index in [0.29, 0.717) is 21.8 Å². The molecule has 0 bridgehead atoms. The molecule has 3 amide bonds. The second-order valence-corrected chi connectivity index (χ2v) is 7.02. The number of nitrogens with one attached hydrogen (secondary N) is 2. The molecule has 0 aliphatic carbocycles. The Kier molecular flexibility index (Phi) is 5.79. The zero-order chi connectivity index (χ0) is 21.1. The van der Waals surface area contributed by atoms with Crippen molar-refractivity contribution in [3.05, 3.63) is 68.7 Å². The molecule has 9 nitrogen and oxygen atoms in total. The van der Waals surface area contributed by atoms with Gasteiger partial charge in [-0.15, -0.1) is 0 Å². The van der Waals surface area contributed by atoms with Crippen LogP contribution in [0.5, 0.6) is 0 Å². The number of hydrogen-bond acceptors (Lipinski definition) is 5. The molecule has 0 saturated carbocycles. The van der Waals surface area contributed by atoms with Crippen LogP contribution >= 0.6 is 11.6 Å². The average molecular weight is 417 g/mol. The number of amides is 3.